The molecule has 1 aromatic rings. The van der Waals surface area contributed by atoms with E-state index in [0.717, 1.165) is 5.56 Å². The van der Waals surface area contributed by atoms with Crippen LogP contribution in [0.5, 0.6) is 5.75 Å². The highest BCUT2D eigenvalue weighted by molar-refractivity contribution is 5.51. The molecule has 0 aliphatic carbocycles. The Morgan fingerprint density at radius 3 is 2.38 bits per heavy atom. The number of likely N-dealkylation sites (N-methyl/N-ethyl adjacent to an activating group) is 1. The van der Waals surface area contributed by atoms with Gasteiger partial charge in [0.15, 0.2) is 0 Å². The Hall–Kier alpha value is -1.42. The molecule has 1 unspecified atom stereocenters. The van der Waals surface area contributed by atoms with Crippen LogP contribution in [0.15, 0.2) is 30.3 Å². The predicted octanol–water partition coefficient (Wildman–Crippen LogP) is 2.91. The highest BCUT2D eigenvalue weighted by Gasteiger charge is 2.02. The van der Waals surface area contributed by atoms with Crippen LogP contribution in [-0.2, 0) is 0 Å². The van der Waals surface area contributed by atoms with Crippen molar-refractivity contribution in [2.75, 3.05) is 7.05 Å². The molecule has 1 rings (SSSR count). The van der Waals surface area contributed by atoms with Crippen molar-refractivity contribution in [1.82, 2.24) is 5.32 Å². The number of nitrogens with one attached hydrogen (secondary N) is 1. The minimum atomic E-state index is -2.77. The van der Waals surface area contributed by atoms with Crippen molar-refractivity contribution in [3.63, 3.8) is 0 Å². The van der Waals surface area contributed by atoms with E-state index in [9.17, 15) is 8.78 Å². The summed E-state index contributed by atoms with van der Waals surface area (Å²) < 4.78 is 28.0. The van der Waals surface area contributed by atoms with E-state index < -0.39 is 6.61 Å². The molecule has 0 aromatic heterocycles. The smallest absolute Gasteiger partial charge is 0.387 e. The number of hydrogen-bond acceptors (Lipinski definition) is 2. The molecule has 0 radical (unpaired) electrons. The van der Waals surface area contributed by atoms with Crippen LogP contribution in [0.25, 0.3) is 6.08 Å². The molecule has 0 spiro atoms. The maximum Gasteiger partial charge on any atom is 0.387 e. The zero-order chi connectivity index (χ0) is 12.0. The molecular formula is C12H15F2NO. The Kier molecular flexibility index (Phi) is 4.92. The van der Waals surface area contributed by atoms with Crippen LogP contribution < -0.4 is 10.1 Å². The molecule has 4 heteroatoms. The summed E-state index contributed by atoms with van der Waals surface area (Å²) in [6, 6.07) is 6.79. The summed E-state index contributed by atoms with van der Waals surface area (Å²) in [5, 5.41) is 3.06. The molecule has 0 aliphatic rings. The molecular weight excluding hydrogens is 212 g/mol. The molecule has 2 nitrogen and oxygen atoms in total. The van der Waals surface area contributed by atoms with Gasteiger partial charge in [-0.1, -0.05) is 24.3 Å². The summed E-state index contributed by atoms with van der Waals surface area (Å²) in [5.41, 5.74) is 0.948. The first-order valence-electron chi connectivity index (χ1n) is 5.02. The van der Waals surface area contributed by atoms with Crippen molar-refractivity contribution in [1.29, 1.82) is 0 Å². The summed E-state index contributed by atoms with van der Waals surface area (Å²) >= 11 is 0. The second-order valence-electron chi connectivity index (χ2n) is 3.38. The predicted molar refractivity (Wildman–Crippen MR) is 60.6 cm³/mol. The van der Waals surface area contributed by atoms with Gasteiger partial charge >= 0.3 is 6.61 Å². The molecule has 0 heterocycles. The Morgan fingerprint density at radius 1 is 1.25 bits per heavy atom. The fourth-order valence-corrected chi connectivity index (χ4v) is 1.11. The monoisotopic (exact) mass is 227 g/mol. The van der Waals surface area contributed by atoms with Crippen LogP contribution in [0.3, 0.4) is 0 Å². The average molecular weight is 227 g/mol. The Labute approximate surface area is 93.9 Å². The van der Waals surface area contributed by atoms with E-state index in [4.69, 9.17) is 0 Å². The van der Waals surface area contributed by atoms with Gasteiger partial charge in [0, 0.05) is 6.04 Å². The summed E-state index contributed by atoms with van der Waals surface area (Å²) in [7, 11) is 1.87. The first-order chi connectivity index (χ1) is 7.61. The molecule has 0 saturated heterocycles. The number of halogens is 2. The molecule has 1 atom stereocenters. The minimum Gasteiger partial charge on any atom is -0.435 e. The Balaban J connectivity index is 2.61. The van der Waals surface area contributed by atoms with Crippen molar-refractivity contribution in [3.8, 4) is 5.75 Å². The molecule has 0 aliphatic heterocycles. The van der Waals surface area contributed by atoms with Crippen LogP contribution in [0.4, 0.5) is 8.78 Å². The van der Waals surface area contributed by atoms with Crippen molar-refractivity contribution >= 4 is 6.08 Å². The van der Waals surface area contributed by atoms with E-state index >= 15 is 0 Å². The van der Waals surface area contributed by atoms with Gasteiger partial charge in [-0.15, -0.1) is 0 Å². The van der Waals surface area contributed by atoms with Crippen molar-refractivity contribution in [3.05, 3.63) is 35.9 Å². The Bertz CT molecular complexity index is 335. The van der Waals surface area contributed by atoms with Gasteiger partial charge in [0.2, 0.25) is 0 Å². The lowest BCUT2D eigenvalue weighted by atomic mass is 10.2. The molecule has 0 saturated carbocycles. The van der Waals surface area contributed by atoms with Gasteiger partial charge in [0.05, 0.1) is 0 Å². The lowest BCUT2D eigenvalue weighted by Crippen LogP contribution is -2.17. The zero-order valence-electron chi connectivity index (χ0n) is 9.28. The minimum absolute atomic E-state index is 0.175. The molecule has 88 valence electrons. The molecule has 0 amide bonds. The Morgan fingerprint density at radius 2 is 1.88 bits per heavy atom. The SMILES string of the molecule is CNC(C)/C=C/c1ccc(OC(F)F)cc1. The first kappa shape index (κ1) is 12.6. The number of hydrogen-bond donors (Lipinski definition) is 1. The fourth-order valence-electron chi connectivity index (χ4n) is 1.11. The molecule has 0 bridgehead atoms. The number of ether oxygens (including phenoxy) is 1. The quantitative estimate of drug-likeness (QED) is 0.835. The van der Waals surface area contributed by atoms with Crippen LogP contribution >= 0.6 is 0 Å². The maximum absolute atomic E-state index is 11.9. The van der Waals surface area contributed by atoms with Gasteiger partial charge in [0.25, 0.3) is 0 Å². The molecule has 16 heavy (non-hydrogen) atoms. The number of alkyl halides is 2. The molecule has 0 fully saturated rings. The number of benzene rings is 1. The summed E-state index contributed by atoms with van der Waals surface area (Å²) in [6.45, 7) is -0.754. The van der Waals surface area contributed by atoms with E-state index in [-0.39, 0.29) is 11.8 Å². The first-order valence-corrected chi connectivity index (χ1v) is 5.02. The van der Waals surface area contributed by atoms with E-state index in [1.165, 1.54) is 12.1 Å². The van der Waals surface area contributed by atoms with E-state index in [1.807, 2.05) is 26.1 Å². The summed E-state index contributed by atoms with van der Waals surface area (Å²) in [6.07, 6.45) is 3.91. The van der Waals surface area contributed by atoms with Crippen LogP contribution in [0, 0.1) is 0 Å². The lowest BCUT2D eigenvalue weighted by molar-refractivity contribution is -0.0498. The van der Waals surface area contributed by atoms with Gasteiger partial charge in [-0.05, 0) is 31.7 Å². The second-order valence-corrected chi connectivity index (χ2v) is 3.38. The third-order valence-corrected chi connectivity index (χ3v) is 2.14. The molecule has 1 N–H and O–H groups in total. The van der Waals surface area contributed by atoms with Crippen LogP contribution in [-0.4, -0.2) is 19.7 Å². The maximum atomic E-state index is 11.9. The standard InChI is InChI=1S/C12H15F2NO/c1-9(15-2)3-4-10-5-7-11(8-6-10)16-12(13)14/h3-9,12,15H,1-2H3/b4-3+. The average Bonchev–Trinajstić information content (AvgIpc) is 2.27. The van der Waals surface area contributed by atoms with Gasteiger partial charge in [-0.25, -0.2) is 0 Å². The highest BCUT2D eigenvalue weighted by atomic mass is 19.3. The second kappa shape index (κ2) is 6.23. The fraction of sp³-hybridized carbons (Fsp3) is 0.333. The zero-order valence-corrected chi connectivity index (χ0v) is 9.28. The van der Waals surface area contributed by atoms with E-state index in [0.29, 0.717) is 0 Å². The normalized spacial score (nSPS) is 13.3. The number of rotatable bonds is 5. The van der Waals surface area contributed by atoms with Gasteiger partial charge in [-0.3, -0.25) is 0 Å². The van der Waals surface area contributed by atoms with E-state index in [1.54, 1.807) is 12.1 Å². The van der Waals surface area contributed by atoms with Gasteiger partial charge in [0.1, 0.15) is 5.75 Å². The van der Waals surface area contributed by atoms with Crippen molar-refractivity contribution in [2.45, 2.75) is 19.6 Å². The van der Waals surface area contributed by atoms with Crippen LogP contribution in [0.2, 0.25) is 0 Å². The summed E-state index contributed by atoms with van der Waals surface area (Å²) in [4.78, 5) is 0. The third kappa shape index (κ3) is 4.40. The highest BCUT2D eigenvalue weighted by Crippen LogP contribution is 2.15. The van der Waals surface area contributed by atoms with E-state index in [2.05, 4.69) is 10.1 Å². The molecule has 1 aromatic carbocycles. The lowest BCUT2D eigenvalue weighted by Gasteiger charge is -2.05. The van der Waals surface area contributed by atoms with Gasteiger partial charge < -0.3 is 10.1 Å². The topological polar surface area (TPSA) is 21.3 Å². The van der Waals surface area contributed by atoms with Crippen LogP contribution in [0.1, 0.15) is 12.5 Å². The summed E-state index contributed by atoms with van der Waals surface area (Å²) in [5.74, 6) is 0.175. The third-order valence-electron chi connectivity index (χ3n) is 2.14. The van der Waals surface area contributed by atoms with Gasteiger partial charge in [-0.2, -0.15) is 8.78 Å². The van der Waals surface area contributed by atoms with Crippen molar-refractivity contribution < 1.29 is 13.5 Å². The largest absolute Gasteiger partial charge is 0.435 e. The van der Waals surface area contributed by atoms with Crippen molar-refractivity contribution in [2.24, 2.45) is 0 Å².